The molecule has 3 nitrogen and oxygen atoms in total. The number of amides is 1. The monoisotopic (exact) mass is 228 g/mol. The van der Waals surface area contributed by atoms with Crippen molar-refractivity contribution >= 4 is 21.8 Å². The molecule has 12 heavy (non-hydrogen) atoms. The van der Waals surface area contributed by atoms with Crippen LogP contribution in [0.15, 0.2) is 16.9 Å². The van der Waals surface area contributed by atoms with Crippen molar-refractivity contribution in [3.63, 3.8) is 0 Å². The topological polar surface area (TPSA) is 42.0 Å². The second-order valence-electron chi connectivity index (χ2n) is 2.37. The minimum absolute atomic E-state index is 0.110. The van der Waals surface area contributed by atoms with Gasteiger partial charge >= 0.3 is 0 Å². The van der Waals surface area contributed by atoms with Gasteiger partial charge in [0.1, 0.15) is 0 Å². The molecule has 64 valence electrons. The molecule has 4 heteroatoms. The maximum absolute atomic E-state index is 11.2. The first-order valence-corrected chi connectivity index (χ1v) is 4.28. The lowest BCUT2D eigenvalue weighted by Gasteiger charge is -2.04. The zero-order chi connectivity index (χ0) is 9.14. The number of halogens is 1. The Balaban J connectivity index is 3.16. The first-order valence-electron chi connectivity index (χ1n) is 3.49. The Kier molecular flexibility index (Phi) is 2.81. The van der Waals surface area contributed by atoms with Crippen LogP contribution in [0.2, 0.25) is 0 Å². The van der Waals surface area contributed by atoms with Crippen LogP contribution in [0.3, 0.4) is 0 Å². The second kappa shape index (κ2) is 3.67. The van der Waals surface area contributed by atoms with E-state index in [0.717, 1.165) is 10.0 Å². The lowest BCUT2D eigenvalue weighted by molar-refractivity contribution is 0.0962. The second-order valence-corrected chi connectivity index (χ2v) is 3.23. The molecule has 0 aliphatic heterocycles. The first kappa shape index (κ1) is 9.19. The molecule has 0 aliphatic rings. The summed E-state index contributed by atoms with van der Waals surface area (Å²) in [5.41, 5.74) is 1.51. The minimum atomic E-state index is -0.110. The van der Waals surface area contributed by atoms with Gasteiger partial charge in [-0.1, -0.05) is 0 Å². The highest BCUT2D eigenvalue weighted by Crippen LogP contribution is 2.17. The smallest absolute Gasteiger partial charge is 0.252 e. The van der Waals surface area contributed by atoms with Crippen LogP contribution in [0.1, 0.15) is 15.9 Å². The maximum atomic E-state index is 11.2. The fraction of sp³-hybridized carbons (Fsp3) is 0.250. The summed E-state index contributed by atoms with van der Waals surface area (Å²) in [7, 11) is 1.60. The number of nitrogens with zero attached hydrogens (tertiary/aromatic N) is 1. The molecule has 0 spiro atoms. The number of hydrogen-bond acceptors (Lipinski definition) is 2. The average molecular weight is 229 g/mol. The Morgan fingerprint density at radius 3 is 2.83 bits per heavy atom. The van der Waals surface area contributed by atoms with E-state index in [2.05, 4.69) is 26.2 Å². The van der Waals surface area contributed by atoms with E-state index in [1.54, 1.807) is 19.4 Å². The van der Waals surface area contributed by atoms with Crippen LogP contribution in [-0.2, 0) is 0 Å². The van der Waals surface area contributed by atoms with Gasteiger partial charge in [0.05, 0.1) is 5.56 Å². The standard InChI is InChI=1S/C8H9BrN2O/c1-5-6(8(12)10-2)3-11-4-7(5)9/h3-4H,1-2H3,(H,10,12). The molecular formula is C8H9BrN2O. The molecule has 0 aliphatic carbocycles. The van der Waals surface area contributed by atoms with Gasteiger partial charge in [-0.15, -0.1) is 0 Å². The van der Waals surface area contributed by atoms with E-state index in [1.165, 1.54) is 0 Å². The number of pyridine rings is 1. The summed E-state index contributed by atoms with van der Waals surface area (Å²) in [4.78, 5) is 15.1. The number of carbonyl (C=O) groups is 1. The number of nitrogens with one attached hydrogen (secondary N) is 1. The Morgan fingerprint density at radius 2 is 2.25 bits per heavy atom. The van der Waals surface area contributed by atoms with Gasteiger partial charge in [-0.05, 0) is 28.4 Å². The van der Waals surface area contributed by atoms with Crippen LogP contribution in [0.25, 0.3) is 0 Å². The Morgan fingerprint density at radius 1 is 1.58 bits per heavy atom. The predicted molar refractivity (Wildman–Crippen MR) is 50.1 cm³/mol. The largest absolute Gasteiger partial charge is 0.355 e. The van der Waals surface area contributed by atoms with Gasteiger partial charge in [0.2, 0.25) is 0 Å². The van der Waals surface area contributed by atoms with E-state index in [0.29, 0.717) is 5.56 Å². The summed E-state index contributed by atoms with van der Waals surface area (Å²) in [6, 6.07) is 0. The van der Waals surface area contributed by atoms with E-state index >= 15 is 0 Å². The van der Waals surface area contributed by atoms with Gasteiger partial charge < -0.3 is 5.32 Å². The summed E-state index contributed by atoms with van der Waals surface area (Å²) in [6.07, 6.45) is 3.22. The average Bonchev–Trinajstić information content (AvgIpc) is 2.08. The molecule has 0 bridgehead atoms. The zero-order valence-electron chi connectivity index (χ0n) is 6.89. The third kappa shape index (κ3) is 1.64. The van der Waals surface area contributed by atoms with Crippen molar-refractivity contribution < 1.29 is 4.79 Å². The molecule has 0 saturated carbocycles. The maximum Gasteiger partial charge on any atom is 0.252 e. The van der Waals surface area contributed by atoms with Crippen molar-refractivity contribution in [3.8, 4) is 0 Å². The molecule has 0 fully saturated rings. The lowest BCUT2D eigenvalue weighted by atomic mass is 10.1. The SMILES string of the molecule is CNC(=O)c1cncc(Br)c1C. The number of carbonyl (C=O) groups excluding carboxylic acids is 1. The van der Waals surface area contributed by atoms with Gasteiger partial charge in [-0.3, -0.25) is 9.78 Å². The van der Waals surface area contributed by atoms with Crippen LogP contribution in [0, 0.1) is 6.92 Å². The van der Waals surface area contributed by atoms with Crippen LogP contribution in [0.4, 0.5) is 0 Å². The molecule has 0 radical (unpaired) electrons. The molecular weight excluding hydrogens is 220 g/mol. The van der Waals surface area contributed by atoms with Crippen molar-refractivity contribution in [1.82, 2.24) is 10.3 Å². The normalized spacial score (nSPS) is 9.58. The highest BCUT2D eigenvalue weighted by molar-refractivity contribution is 9.10. The van der Waals surface area contributed by atoms with Gasteiger partial charge in [-0.2, -0.15) is 0 Å². The van der Waals surface area contributed by atoms with Crippen molar-refractivity contribution in [3.05, 3.63) is 28.0 Å². The molecule has 0 saturated heterocycles. The third-order valence-electron chi connectivity index (χ3n) is 1.63. The zero-order valence-corrected chi connectivity index (χ0v) is 8.47. The minimum Gasteiger partial charge on any atom is -0.355 e. The summed E-state index contributed by atoms with van der Waals surface area (Å²) in [6.45, 7) is 1.87. The Hall–Kier alpha value is -0.900. The molecule has 0 atom stereocenters. The van der Waals surface area contributed by atoms with Crippen LogP contribution < -0.4 is 5.32 Å². The van der Waals surface area contributed by atoms with Gasteiger partial charge in [-0.25, -0.2) is 0 Å². The van der Waals surface area contributed by atoms with E-state index < -0.39 is 0 Å². The number of hydrogen-bond donors (Lipinski definition) is 1. The highest BCUT2D eigenvalue weighted by Gasteiger charge is 2.08. The van der Waals surface area contributed by atoms with Crippen molar-refractivity contribution in [2.75, 3.05) is 7.05 Å². The van der Waals surface area contributed by atoms with Gasteiger partial charge in [0, 0.05) is 23.9 Å². The van der Waals surface area contributed by atoms with Crippen LogP contribution in [-0.4, -0.2) is 17.9 Å². The Labute approximate surface area is 79.3 Å². The fourth-order valence-electron chi connectivity index (χ4n) is 0.863. The molecule has 1 aromatic heterocycles. The first-order chi connectivity index (χ1) is 5.66. The van der Waals surface area contributed by atoms with E-state index in [4.69, 9.17) is 0 Å². The Bertz CT molecular complexity index is 312. The van der Waals surface area contributed by atoms with E-state index in [1.807, 2.05) is 6.92 Å². The van der Waals surface area contributed by atoms with Crippen molar-refractivity contribution in [2.24, 2.45) is 0 Å². The molecule has 1 amide bonds. The van der Waals surface area contributed by atoms with Gasteiger partial charge in [0.15, 0.2) is 0 Å². The molecule has 1 rings (SSSR count). The molecule has 1 heterocycles. The summed E-state index contributed by atoms with van der Waals surface area (Å²) < 4.78 is 0.851. The summed E-state index contributed by atoms with van der Waals surface area (Å²) >= 11 is 3.30. The van der Waals surface area contributed by atoms with Crippen LogP contribution >= 0.6 is 15.9 Å². The van der Waals surface area contributed by atoms with E-state index in [-0.39, 0.29) is 5.91 Å². The summed E-state index contributed by atoms with van der Waals surface area (Å²) in [5.74, 6) is -0.110. The van der Waals surface area contributed by atoms with E-state index in [9.17, 15) is 4.79 Å². The molecule has 0 unspecified atom stereocenters. The molecule has 1 aromatic rings. The molecule has 1 N–H and O–H groups in total. The third-order valence-corrected chi connectivity index (χ3v) is 2.42. The highest BCUT2D eigenvalue weighted by atomic mass is 79.9. The van der Waals surface area contributed by atoms with Gasteiger partial charge in [0.25, 0.3) is 5.91 Å². The number of aromatic nitrogens is 1. The molecule has 0 aromatic carbocycles. The lowest BCUT2D eigenvalue weighted by Crippen LogP contribution is -2.19. The fourth-order valence-corrected chi connectivity index (χ4v) is 1.19. The van der Waals surface area contributed by atoms with Crippen molar-refractivity contribution in [1.29, 1.82) is 0 Å². The predicted octanol–water partition coefficient (Wildman–Crippen LogP) is 1.51. The quantitative estimate of drug-likeness (QED) is 0.793. The number of rotatable bonds is 1. The van der Waals surface area contributed by atoms with Crippen LogP contribution in [0.5, 0.6) is 0 Å². The summed E-state index contributed by atoms with van der Waals surface area (Å²) in [5, 5.41) is 2.55. The van der Waals surface area contributed by atoms with Crippen molar-refractivity contribution in [2.45, 2.75) is 6.92 Å².